The Morgan fingerprint density at radius 1 is 0.905 bits per heavy atom. The number of rotatable bonds is 3. The van der Waals surface area contributed by atoms with Gasteiger partial charge in [-0.05, 0) is 0 Å². The Morgan fingerprint density at radius 2 is 1.43 bits per heavy atom. The van der Waals surface area contributed by atoms with Gasteiger partial charge in [0.05, 0.1) is 34.8 Å². The summed E-state index contributed by atoms with van der Waals surface area (Å²) in [5, 5.41) is 1.04. The summed E-state index contributed by atoms with van der Waals surface area (Å²) in [4.78, 5) is 18.6. The Labute approximate surface area is 132 Å². The molecule has 0 N–H and O–H groups in total. The normalized spacial score (nSPS) is 16.0. The second-order valence-corrected chi connectivity index (χ2v) is 5.56. The van der Waals surface area contributed by atoms with Crippen molar-refractivity contribution in [3.63, 3.8) is 0 Å². The highest BCUT2D eigenvalue weighted by atomic mass is 35.5. The van der Waals surface area contributed by atoms with Crippen LogP contribution < -0.4 is 9.64 Å². The number of aromatic nitrogens is 4. The number of anilines is 1. The summed E-state index contributed by atoms with van der Waals surface area (Å²) in [5.41, 5.74) is 0. The van der Waals surface area contributed by atoms with Crippen LogP contribution in [-0.4, -0.2) is 39.1 Å². The molecule has 1 aliphatic heterocycles. The van der Waals surface area contributed by atoms with E-state index in [0.717, 1.165) is 25.9 Å². The molecule has 6 nitrogen and oxygen atoms in total. The maximum atomic E-state index is 5.79. The standard InChI is InChI=1S/C13H13Cl2N5O/c14-9-5-16-12(17-6-9)20-3-1-11(2-4-20)21-13-18-7-10(15)8-19-13/h5-8,11H,1-4H2. The first kappa shape index (κ1) is 14.3. The van der Waals surface area contributed by atoms with Gasteiger partial charge in [0.25, 0.3) is 0 Å². The van der Waals surface area contributed by atoms with Crippen LogP contribution in [-0.2, 0) is 0 Å². The Balaban J connectivity index is 1.55. The lowest BCUT2D eigenvalue weighted by molar-refractivity contribution is 0.156. The maximum absolute atomic E-state index is 5.79. The third kappa shape index (κ3) is 3.71. The van der Waals surface area contributed by atoms with E-state index in [1.807, 2.05) is 0 Å². The number of halogens is 2. The van der Waals surface area contributed by atoms with Crippen molar-refractivity contribution in [3.8, 4) is 6.01 Å². The molecule has 110 valence electrons. The number of piperidine rings is 1. The predicted octanol–water partition coefficient (Wildman–Crippen LogP) is 2.62. The van der Waals surface area contributed by atoms with Crippen molar-refractivity contribution in [2.45, 2.75) is 18.9 Å². The Kier molecular flexibility index (Phi) is 4.36. The van der Waals surface area contributed by atoms with E-state index in [2.05, 4.69) is 24.8 Å². The fourth-order valence-corrected chi connectivity index (χ4v) is 2.35. The van der Waals surface area contributed by atoms with Crippen molar-refractivity contribution in [1.82, 2.24) is 19.9 Å². The minimum absolute atomic E-state index is 0.0923. The van der Waals surface area contributed by atoms with Gasteiger partial charge in [-0.2, -0.15) is 0 Å². The molecule has 3 heterocycles. The van der Waals surface area contributed by atoms with Crippen LogP contribution >= 0.6 is 23.2 Å². The topological polar surface area (TPSA) is 64.0 Å². The first-order chi connectivity index (χ1) is 10.2. The lowest BCUT2D eigenvalue weighted by Gasteiger charge is -2.31. The highest BCUT2D eigenvalue weighted by Gasteiger charge is 2.22. The maximum Gasteiger partial charge on any atom is 0.316 e. The Morgan fingerprint density at radius 3 is 2.00 bits per heavy atom. The summed E-state index contributed by atoms with van der Waals surface area (Å²) in [5.74, 6) is 0.695. The molecule has 2 aromatic heterocycles. The number of ether oxygens (including phenoxy) is 1. The van der Waals surface area contributed by atoms with Crippen LogP contribution in [0.15, 0.2) is 24.8 Å². The highest BCUT2D eigenvalue weighted by Crippen LogP contribution is 2.20. The van der Waals surface area contributed by atoms with Crippen molar-refractivity contribution < 1.29 is 4.74 Å². The molecule has 0 bridgehead atoms. The van der Waals surface area contributed by atoms with Gasteiger partial charge in [0.2, 0.25) is 5.95 Å². The molecule has 0 aromatic carbocycles. The van der Waals surface area contributed by atoms with Gasteiger partial charge in [-0.3, -0.25) is 0 Å². The van der Waals surface area contributed by atoms with E-state index < -0.39 is 0 Å². The van der Waals surface area contributed by atoms with Crippen LogP contribution in [0, 0.1) is 0 Å². The van der Waals surface area contributed by atoms with E-state index in [1.165, 1.54) is 12.4 Å². The van der Waals surface area contributed by atoms with Gasteiger partial charge in [-0.25, -0.2) is 19.9 Å². The Hall–Kier alpha value is -1.66. The number of hydrogen-bond donors (Lipinski definition) is 0. The van der Waals surface area contributed by atoms with Crippen LogP contribution in [0.2, 0.25) is 10.0 Å². The minimum atomic E-state index is 0.0923. The predicted molar refractivity (Wildman–Crippen MR) is 79.9 cm³/mol. The largest absolute Gasteiger partial charge is 0.460 e. The monoisotopic (exact) mass is 325 g/mol. The molecule has 0 spiro atoms. The number of nitrogens with zero attached hydrogens (tertiary/aromatic N) is 5. The molecule has 0 atom stereocenters. The van der Waals surface area contributed by atoms with Gasteiger partial charge in [0, 0.05) is 25.9 Å². The highest BCUT2D eigenvalue weighted by molar-refractivity contribution is 6.30. The molecule has 1 fully saturated rings. The third-order valence-corrected chi connectivity index (χ3v) is 3.59. The number of hydrogen-bond acceptors (Lipinski definition) is 6. The molecular formula is C13H13Cl2N5O. The molecular weight excluding hydrogens is 313 g/mol. The van der Waals surface area contributed by atoms with Crippen LogP contribution in [0.4, 0.5) is 5.95 Å². The fraction of sp³-hybridized carbons (Fsp3) is 0.385. The van der Waals surface area contributed by atoms with Gasteiger partial charge >= 0.3 is 6.01 Å². The molecule has 2 aromatic rings. The lowest BCUT2D eigenvalue weighted by Crippen LogP contribution is -2.39. The second-order valence-electron chi connectivity index (χ2n) is 4.69. The molecule has 0 radical (unpaired) electrons. The molecule has 0 unspecified atom stereocenters. The van der Waals surface area contributed by atoms with E-state index in [-0.39, 0.29) is 6.10 Å². The Bertz CT molecular complexity index is 585. The third-order valence-electron chi connectivity index (χ3n) is 3.20. The fourth-order valence-electron chi connectivity index (χ4n) is 2.15. The zero-order valence-electron chi connectivity index (χ0n) is 11.1. The molecule has 0 aliphatic carbocycles. The molecule has 1 saturated heterocycles. The summed E-state index contributed by atoms with van der Waals surface area (Å²) < 4.78 is 5.74. The molecule has 0 saturated carbocycles. The van der Waals surface area contributed by atoms with Crippen LogP contribution in [0.3, 0.4) is 0 Å². The van der Waals surface area contributed by atoms with Crippen LogP contribution in [0.5, 0.6) is 6.01 Å². The quantitative estimate of drug-likeness (QED) is 0.864. The summed E-state index contributed by atoms with van der Waals surface area (Å²) >= 11 is 11.5. The molecule has 3 rings (SSSR count). The van der Waals surface area contributed by atoms with Gasteiger partial charge < -0.3 is 9.64 Å². The van der Waals surface area contributed by atoms with Gasteiger partial charge in [0.1, 0.15) is 6.10 Å². The summed E-state index contributed by atoms with van der Waals surface area (Å²) in [6.45, 7) is 1.64. The zero-order chi connectivity index (χ0) is 14.7. The minimum Gasteiger partial charge on any atom is -0.460 e. The van der Waals surface area contributed by atoms with E-state index in [1.54, 1.807) is 12.4 Å². The summed E-state index contributed by atoms with van der Waals surface area (Å²) in [6.07, 6.45) is 8.08. The SMILES string of the molecule is Clc1cnc(OC2CCN(c3ncc(Cl)cn3)CC2)nc1. The lowest BCUT2D eigenvalue weighted by atomic mass is 10.1. The first-order valence-electron chi connectivity index (χ1n) is 6.57. The smallest absolute Gasteiger partial charge is 0.316 e. The van der Waals surface area contributed by atoms with E-state index in [0.29, 0.717) is 22.0 Å². The van der Waals surface area contributed by atoms with Gasteiger partial charge in [-0.1, -0.05) is 23.2 Å². The van der Waals surface area contributed by atoms with Crippen molar-refractivity contribution in [3.05, 3.63) is 34.8 Å². The van der Waals surface area contributed by atoms with Crippen molar-refractivity contribution in [2.75, 3.05) is 18.0 Å². The van der Waals surface area contributed by atoms with E-state index in [9.17, 15) is 0 Å². The van der Waals surface area contributed by atoms with Crippen molar-refractivity contribution in [1.29, 1.82) is 0 Å². The first-order valence-corrected chi connectivity index (χ1v) is 7.33. The van der Waals surface area contributed by atoms with Crippen molar-refractivity contribution >= 4 is 29.2 Å². The van der Waals surface area contributed by atoms with E-state index in [4.69, 9.17) is 27.9 Å². The van der Waals surface area contributed by atoms with Gasteiger partial charge in [-0.15, -0.1) is 0 Å². The van der Waals surface area contributed by atoms with Gasteiger partial charge in [0.15, 0.2) is 0 Å². The van der Waals surface area contributed by atoms with Crippen molar-refractivity contribution in [2.24, 2.45) is 0 Å². The van der Waals surface area contributed by atoms with Crippen LogP contribution in [0.1, 0.15) is 12.8 Å². The molecule has 0 amide bonds. The average Bonchev–Trinajstić information content (AvgIpc) is 2.51. The second kappa shape index (κ2) is 6.41. The van der Waals surface area contributed by atoms with Crippen LogP contribution in [0.25, 0.3) is 0 Å². The molecule has 1 aliphatic rings. The summed E-state index contributed by atoms with van der Waals surface area (Å²) in [6, 6.07) is 0.362. The average molecular weight is 326 g/mol. The van der Waals surface area contributed by atoms with E-state index >= 15 is 0 Å². The molecule has 8 heteroatoms. The summed E-state index contributed by atoms with van der Waals surface area (Å²) in [7, 11) is 0. The molecule has 21 heavy (non-hydrogen) atoms. The zero-order valence-corrected chi connectivity index (χ0v) is 12.6.